The zero-order chi connectivity index (χ0) is 29.6. The monoisotopic (exact) mass is 631 g/mol. The second-order valence-electron chi connectivity index (χ2n) is 11.2. The first kappa shape index (κ1) is 29.0. The molecule has 3 aromatic rings. The Morgan fingerprint density at radius 1 is 1.02 bits per heavy atom. The quantitative estimate of drug-likeness (QED) is 0.271. The van der Waals surface area contributed by atoms with Crippen LogP contribution in [0.15, 0.2) is 47.0 Å². The number of sulfonamides is 1. The third-order valence-electron chi connectivity index (χ3n) is 8.18. The molecule has 0 radical (unpaired) electrons. The molecule has 2 bridgehead atoms. The highest BCUT2D eigenvalue weighted by molar-refractivity contribution is 7.90. The van der Waals surface area contributed by atoms with Crippen LogP contribution >= 0.6 is 23.2 Å². The molecule has 0 spiro atoms. The van der Waals surface area contributed by atoms with Crippen molar-refractivity contribution in [3.8, 4) is 11.3 Å². The van der Waals surface area contributed by atoms with Crippen LogP contribution in [0, 0.1) is 0 Å². The molecular formula is C30H31Cl2N3O6S. The van der Waals surface area contributed by atoms with Gasteiger partial charge in [-0.3, -0.25) is 4.79 Å². The number of nitrogens with zero attached hydrogens (tertiary/aromatic N) is 2. The summed E-state index contributed by atoms with van der Waals surface area (Å²) in [4.78, 5) is 28.4. The van der Waals surface area contributed by atoms with Crippen molar-refractivity contribution in [3.05, 3.63) is 69.4 Å². The molecule has 3 aliphatic rings. The van der Waals surface area contributed by atoms with Crippen LogP contribution in [0.2, 0.25) is 10.0 Å². The van der Waals surface area contributed by atoms with Gasteiger partial charge in [0.05, 0.1) is 15.8 Å². The summed E-state index contributed by atoms with van der Waals surface area (Å²) in [6.45, 7) is 1.74. The van der Waals surface area contributed by atoms with Gasteiger partial charge in [0.25, 0.3) is 5.91 Å². The Bertz CT molecular complexity index is 1590. The van der Waals surface area contributed by atoms with E-state index in [1.807, 2.05) is 12.1 Å². The molecule has 222 valence electrons. The standard InChI is InChI=1S/C30H31Cl2N3O6S/c1-2-14-42(38,39)34-29(36)18-8-10-19(11-9-18)35-20-12-13-21(35)16-22(15-20)40-30(37)26-27(33-41-28(26)17-6-7-17)25-23(31)4-3-5-24(25)32/h3-5,8-11,17,20-22H,2,6-7,12-16H2,1H3,(H,34,36)/t20-,21+,22-. The first-order valence-corrected chi connectivity index (χ1v) is 16.6. The van der Waals surface area contributed by atoms with Gasteiger partial charge in [-0.15, -0.1) is 0 Å². The number of ether oxygens (including phenoxy) is 1. The number of aromatic nitrogens is 1. The number of fused-ring (bicyclic) bond motifs is 2. The van der Waals surface area contributed by atoms with E-state index in [9.17, 15) is 18.0 Å². The van der Waals surface area contributed by atoms with E-state index in [-0.39, 0.29) is 35.4 Å². The maximum absolute atomic E-state index is 13.7. The van der Waals surface area contributed by atoms with Crippen molar-refractivity contribution >= 4 is 50.8 Å². The smallest absolute Gasteiger partial charge is 0.344 e. The van der Waals surface area contributed by atoms with Gasteiger partial charge in [0.2, 0.25) is 10.0 Å². The molecule has 1 aliphatic carbocycles. The Kier molecular flexibility index (Phi) is 7.97. The maximum atomic E-state index is 13.7. The molecule has 3 heterocycles. The van der Waals surface area contributed by atoms with Gasteiger partial charge in [0, 0.05) is 47.7 Å². The summed E-state index contributed by atoms with van der Waals surface area (Å²) in [5, 5.41) is 4.97. The van der Waals surface area contributed by atoms with Gasteiger partial charge < -0.3 is 14.2 Å². The predicted molar refractivity (Wildman–Crippen MR) is 160 cm³/mol. The number of amides is 1. The molecule has 1 saturated carbocycles. The lowest BCUT2D eigenvalue weighted by atomic mass is 9.98. The first-order chi connectivity index (χ1) is 20.1. The molecule has 2 aromatic carbocycles. The number of esters is 1. The van der Waals surface area contributed by atoms with Gasteiger partial charge in [0.1, 0.15) is 17.4 Å². The third-order valence-corrected chi connectivity index (χ3v) is 10.3. The molecular weight excluding hydrogens is 601 g/mol. The lowest BCUT2D eigenvalue weighted by Crippen LogP contribution is -2.46. The van der Waals surface area contributed by atoms with Crippen LogP contribution < -0.4 is 9.62 Å². The number of piperidine rings is 1. The minimum Gasteiger partial charge on any atom is -0.458 e. The number of anilines is 1. The average Bonchev–Trinajstić information content (AvgIpc) is 3.63. The molecule has 9 nitrogen and oxygen atoms in total. The van der Waals surface area contributed by atoms with Crippen molar-refractivity contribution in [1.82, 2.24) is 9.88 Å². The lowest BCUT2D eigenvalue weighted by molar-refractivity contribution is 0.0202. The average molecular weight is 633 g/mol. The Labute approximate surface area is 254 Å². The van der Waals surface area contributed by atoms with Crippen molar-refractivity contribution in [3.63, 3.8) is 0 Å². The molecule has 2 saturated heterocycles. The highest BCUT2D eigenvalue weighted by Gasteiger charge is 2.44. The summed E-state index contributed by atoms with van der Waals surface area (Å²) in [6.07, 6.45) is 5.21. The summed E-state index contributed by atoms with van der Waals surface area (Å²) in [5.41, 5.74) is 2.30. The molecule has 1 aromatic heterocycles. The summed E-state index contributed by atoms with van der Waals surface area (Å²) in [5.74, 6) is -0.563. The molecule has 1 amide bonds. The number of rotatable bonds is 9. The van der Waals surface area contributed by atoms with Crippen LogP contribution in [0.3, 0.4) is 0 Å². The number of carbonyl (C=O) groups is 2. The van der Waals surface area contributed by atoms with Crippen molar-refractivity contribution in [2.75, 3.05) is 10.7 Å². The van der Waals surface area contributed by atoms with Gasteiger partial charge in [-0.25, -0.2) is 17.9 Å². The molecule has 12 heteroatoms. The first-order valence-electron chi connectivity index (χ1n) is 14.2. The number of carbonyl (C=O) groups excluding carboxylic acids is 2. The fourth-order valence-corrected chi connectivity index (χ4v) is 7.80. The Balaban J connectivity index is 1.16. The minimum atomic E-state index is -3.65. The highest BCUT2D eigenvalue weighted by atomic mass is 35.5. The van der Waals surface area contributed by atoms with Crippen LogP contribution in [-0.2, 0) is 14.8 Å². The van der Waals surface area contributed by atoms with Crippen molar-refractivity contribution in [2.24, 2.45) is 0 Å². The Morgan fingerprint density at radius 3 is 2.26 bits per heavy atom. The Morgan fingerprint density at radius 2 is 1.67 bits per heavy atom. The summed E-state index contributed by atoms with van der Waals surface area (Å²) in [6, 6.07) is 12.4. The van der Waals surface area contributed by atoms with E-state index in [2.05, 4.69) is 14.8 Å². The van der Waals surface area contributed by atoms with Crippen molar-refractivity contribution in [1.29, 1.82) is 0 Å². The van der Waals surface area contributed by atoms with Crippen LogP contribution in [0.25, 0.3) is 11.3 Å². The number of nitrogens with one attached hydrogen (secondary N) is 1. The number of hydrogen-bond donors (Lipinski definition) is 1. The van der Waals surface area contributed by atoms with E-state index in [0.717, 1.165) is 31.4 Å². The molecule has 3 atom stereocenters. The largest absolute Gasteiger partial charge is 0.458 e. The highest BCUT2D eigenvalue weighted by Crippen LogP contribution is 2.47. The second kappa shape index (κ2) is 11.5. The van der Waals surface area contributed by atoms with Crippen LogP contribution in [0.1, 0.15) is 84.3 Å². The SMILES string of the molecule is CCCS(=O)(=O)NC(=O)c1ccc(N2[C@@H]3CC[C@H]2C[C@H](OC(=O)c2c(-c4c(Cl)cccc4Cl)noc2C2CC2)C3)cc1. The molecule has 42 heavy (non-hydrogen) atoms. The number of hydrogen-bond acceptors (Lipinski definition) is 8. The predicted octanol–water partition coefficient (Wildman–Crippen LogP) is 6.35. The molecule has 6 rings (SSSR count). The van der Waals surface area contributed by atoms with Gasteiger partial charge in [-0.2, -0.15) is 0 Å². The second-order valence-corrected chi connectivity index (χ2v) is 13.9. The zero-order valence-electron chi connectivity index (χ0n) is 23.0. The van der Waals surface area contributed by atoms with E-state index in [0.29, 0.717) is 51.9 Å². The zero-order valence-corrected chi connectivity index (χ0v) is 25.3. The van der Waals surface area contributed by atoms with Gasteiger partial charge in [0.15, 0.2) is 5.76 Å². The minimum absolute atomic E-state index is 0.103. The van der Waals surface area contributed by atoms with E-state index >= 15 is 0 Å². The molecule has 2 aliphatic heterocycles. The summed E-state index contributed by atoms with van der Waals surface area (Å²) >= 11 is 12.9. The van der Waals surface area contributed by atoms with E-state index in [4.69, 9.17) is 32.5 Å². The fraction of sp³-hybridized carbons (Fsp3) is 0.433. The van der Waals surface area contributed by atoms with Gasteiger partial charge in [-0.05, 0) is 68.5 Å². The summed E-state index contributed by atoms with van der Waals surface area (Å²) in [7, 11) is -3.65. The van der Waals surface area contributed by atoms with Crippen molar-refractivity contribution in [2.45, 2.75) is 76.0 Å². The topological polar surface area (TPSA) is 119 Å². The third kappa shape index (κ3) is 5.76. The van der Waals surface area contributed by atoms with Gasteiger partial charge >= 0.3 is 5.97 Å². The van der Waals surface area contributed by atoms with E-state index in [1.165, 1.54) is 0 Å². The van der Waals surface area contributed by atoms with Crippen LogP contribution in [0.5, 0.6) is 0 Å². The molecule has 0 unspecified atom stereocenters. The van der Waals surface area contributed by atoms with Crippen LogP contribution in [0.4, 0.5) is 5.69 Å². The maximum Gasteiger partial charge on any atom is 0.344 e. The fourth-order valence-electron chi connectivity index (χ4n) is 6.18. The summed E-state index contributed by atoms with van der Waals surface area (Å²) < 4.78 is 37.9. The lowest BCUT2D eigenvalue weighted by Gasteiger charge is -2.40. The van der Waals surface area contributed by atoms with E-state index in [1.54, 1.807) is 37.3 Å². The molecule has 1 N–H and O–H groups in total. The van der Waals surface area contributed by atoms with Gasteiger partial charge in [-0.1, -0.05) is 41.3 Å². The number of halogens is 2. The van der Waals surface area contributed by atoms with Crippen molar-refractivity contribution < 1.29 is 27.3 Å². The number of benzene rings is 2. The molecule has 3 fully saturated rings. The van der Waals surface area contributed by atoms with Crippen LogP contribution in [-0.4, -0.2) is 49.4 Å². The Hall–Kier alpha value is -3.08. The van der Waals surface area contributed by atoms with E-state index < -0.39 is 21.9 Å². The normalized spacial score (nSPS) is 21.8.